The number of anilines is 2. The average molecular weight is 473 g/mol. The van der Waals surface area contributed by atoms with Gasteiger partial charge in [-0.15, -0.1) is 11.6 Å². The van der Waals surface area contributed by atoms with Crippen LogP contribution in [-0.2, 0) is 16.1 Å². The molecule has 7 nitrogen and oxygen atoms in total. The number of nitrogens with one attached hydrogen (secondary N) is 2. The third kappa shape index (κ3) is 7.45. The molecular weight excluding hydrogens is 440 g/mol. The Balaban J connectivity index is 1.71. The van der Waals surface area contributed by atoms with Gasteiger partial charge in [-0.3, -0.25) is 14.5 Å². The number of halogens is 1. The summed E-state index contributed by atoms with van der Waals surface area (Å²) in [6, 6.07) is 15.9. The molecule has 1 fully saturated rings. The standard InChI is InChI=1S/C25H33ClN4O3/c1-19(26)24(31)28-21-9-10-23(22(17-21)25(32)27-11-6-16-33-2)30-14-12-29(13-15-30)18-20-7-4-3-5-8-20/h3-5,7-10,17,19H,6,11-16,18H2,1-2H3,(H,27,32)(H,28,31). The van der Waals surface area contributed by atoms with Gasteiger partial charge in [0.2, 0.25) is 5.91 Å². The van der Waals surface area contributed by atoms with E-state index >= 15 is 0 Å². The SMILES string of the molecule is COCCCNC(=O)c1cc(NC(=O)C(C)Cl)ccc1N1CCN(Cc2ccccc2)CC1. The topological polar surface area (TPSA) is 73.9 Å². The smallest absolute Gasteiger partial charge is 0.253 e. The highest BCUT2D eigenvalue weighted by molar-refractivity contribution is 6.32. The first-order valence-electron chi connectivity index (χ1n) is 11.3. The lowest BCUT2D eigenvalue weighted by molar-refractivity contribution is -0.115. The van der Waals surface area contributed by atoms with E-state index in [0.717, 1.165) is 44.8 Å². The van der Waals surface area contributed by atoms with Gasteiger partial charge >= 0.3 is 0 Å². The molecule has 2 aromatic carbocycles. The number of carbonyl (C=O) groups is 2. The summed E-state index contributed by atoms with van der Waals surface area (Å²) in [6.07, 6.45) is 0.732. The molecule has 33 heavy (non-hydrogen) atoms. The van der Waals surface area contributed by atoms with Crippen LogP contribution >= 0.6 is 11.6 Å². The van der Waals surface area contributed by atoms with Crippen LogP contribution in [0.15, 0.2) is 48.5 Å². The lowest BCUT2D eigenvalue weighted by Crippen LogP contribution is -2.46. The van der Waals surface area contributed by atoms with Gasteiger partial charge in [0.15, 0.2) is 0 Å². The number of rotatable bonds is 10. The zero-order valence-electron chi connectivity index (χ0n) is 19.4. The van der Waals surface area contributed by atoms with E-state index in [0.29, 0.717) is 24.4 Å². The second kappa shape index (κ2) is 12.6. The number of hydrogen-bond donors (Lipinski definition) is 2. The Labute approximate surface area is 201 Å². The number of alkyl halides is 1. The van der Waals surface area contributed by atoms with Crippen LogP contribution in [0.2, 0.25) is 0 Å². The molecule has 0 aromatic heterocycles. The van der Waals surface area contributed by atoms with Gasteiger partial charge in [-0.1, -0.05) is 30.3 Å². The third-order valence-corrected chi connectivity index (χ3v) is 5.84. The maximum absolute atomic E-state index is 13.0. The summed E-state index contributed by atoms with van der Waals surface area (Å²) in [6.45, 7) is 7.10. The number of benzene rings is 2. The van der Waals surface area contributed by atoms with E-state index in [1.807, 2.05) is 18.2 Å². The molecule has 0 radical (unpaired) electrons. The quantitative estimate of drug-likeness (QED) is 0.410. The Morgan fingerprint density at radius 2 is 1.82 bits per heavy atom. The molecule has 2 N–H and O–H groups in total. The largest absolute Gasteiger partial charge is 0.385 e. The molecule has 3 rings (SSSR count). The predicted molar refractivity (Wildman–Crippen MR) is 133 cm³/mol. The molecule has 1 aliphatic heterocycles. The zero-order valence-corrected chi connectivity index (χ0v) is 20.1. The van der Waals surface area contributed by atoms with E-state index in [1.165, 1.54) is 5.56 Å². The summed E-state index contributed by atoms with van der Waals surface area (Å²) in [4.78, 5) is 29.7. The molecular formula is C25H33ClN4O3. The monoisotopic (exact) mass is 472 g/mol. The van der Waals surface area contributed by atoms with Crippen LogP contribution in [0.5, 0.6) is 0 Å². The highest BCUT2D eigenvalue weighted by Gasteiger charge is 2.22. The Morgan fingerprint density at radius 3 is 2.48 bits per heavy atom. The fourth-order valence-corrected chi connectivity index (χ4v) is 3.87. The maximum Gasteiger partial charge on any atom is 0.253 e. The van der Waals surface area contributed by atoms with Crippen molar-refractivity contribution in [3.05, 3.63) is 59.7 Å². The van der Waals surface area contributed by atoms with Crippen LogP contribution in [0, 0.1) is 0 Å². The van der Waals surface area contributed by atoms with Crippen LogP contribution < -0.4 is 15.5 Å². The summed E-state index contributed by atoms with van der Waals surface area (Å²) in [5.74, 6) is -0.465. The summed E-state index contributed by atoms with van der Waals surface area (Å²) in [7, 11) is 1.64. The highest BCUT2D eigenvalue weighted by Crippen LogP contribution is 2.26. The van der Waals surface area contributed by atoms with Crippen molar-refractivity contribution in [1.29, 1.82) is 0 Å². The highest BCUT2D eigenvalue weighted by atomic mass is 35.5. The number of piperazine rings is 1. The molecule has 2 amide bonds. The molecule has 0 aliphatic carbocycles. The minimum atomic E-state index is -0.659. The van der Waals surface area contributed by atoms with Gasteiger partial charge in [0.25, 0.3) is 5.91 Å². The van der Waals surface area contributed by atoms with Crippen molar-refractivity contribution in [3.63, 3.8) is 0 Å². The molecule has 1 saturated heterocycles. The first-order chi connectivity index (χ1) is 16.0. The van der Waals surface area contributed by atoms with E-state index in [9.17, 15) is 9.59 Å². The number of amides is 2. The molecule has 1 unspecified atom stereocenters. The van der Waals surface area contributed by atoms with E-state index in [-0.39, 0.29) is 11.8 Å². The van der Waals surface area contributed by atoms with Crippen molar-refractivity contribution >= 4 is 34.8 Å². The van der Waals surface area contributed by atoms with Crippen molar-refractivity contribution in [1.82, 2.24) is 10.2 Å². The number of carbonyl (C=O) groups excluding carboxylic acids is 2. The fraction of sp³-hybridized carbons (Fsp3) is 0.440. The second-order valence-corrected chi connectivity index (χ2v) is 8.84. The van der Waals surface area contributed by atoms with Gasteiger partial charge in [0, 0.05) is 64.4 Å². The second-order valence-electron chi connectivity index (χ2n) is 8.19. The van der Waals surface area contributed by atoms with Gasteiger partial charge < -0.3 is 20.3 Å². The Kier molecular flexibility index (Phi) is 9.54. The fourth-order valence-electron chi connectivity index (χ4n) is 3.82. The Hall–Kier alpha value is -2.61. The molecule has 0 bridgehead atoms. The summed E-state index contributed by atoms with van der Waals surface area (Å²) in [5, 5.41) is 5.08. The Bertz CT molecular complexity index is 915. The van der Waals surface area contributed by atoms with Gasteiger partial charge in [-0.2, -0.15) is 0 Å². The van der Waals surface area contributed by atoms with Crippen LogP contribution in [0.3, 0.4) is 0 Å². The van der Waals surface area contributed by atoms with E-state index in [1.54, 1.807) is 20.1 Å². The predicted octanol–water partition coefficient (Wildman–Crippen LogP) is 3.34. The number of ether oxygens (including phenoxy) is 1. The first-order valence-corrected chi connectivity index (χ1v) is 11.8. The van der Waals surface area contributed by atoms with E-state index in [4.69, 9.17) is 16.3 Å². The minimum Gasteiger partial charge on any atom is -0.385 e. The lowest BCUT2D eigenvalue weighted by atomic mass is 10.1. The molecule has 2 aromatic rings. The maximum atomic E-state index is 13.0. The van der Waals surface area contributed by atoms with Crippen LogP contribution in [0.25, 0.3) is 0 Å². The minimum absolute atomic E-state index is 0.164. The van der Waals surface area contributed by atoms with Crippen molar-refractivity contribution in [2.75, 3.05) is 56.7 Å². The molecule has 0 saturated carbocycles. The van der Waals surface area contributed by atoms with Crippen molar-refractivity contribution in [3.8, 4) is 0 Å². The van der Waals surface area contributed by atoms with Crippen LogP contribution in [0.4, 0.5) is 11.4 Å². The summed E-state index contributed by atoms with van der Waals surface area (Å²) < 4.78 is 5.06. The molecule has 1 aliphatic rings. The molecule has 8 heteroatoms. The summed E-state index contributed by atoms with van der Waals surface area (Å²) in [5.41, 5.74) is 3.27. The molecule has 1 atom stereocenters. The Morgan fingerprint density at radius 1 is 1.09 bits per heavy atom. The van der Waals surface area contributed by atoms with Crippen molar-refractivity contribution in [2.24, 2.45) is 0 Å². The normalized spacial score (nSPS) is 15.2. The molecule has 0 spiro atoms. The number of methoxy groups -OCH3 is 1. The van der Waals surface area contributed by atoms with Crippen LogP contribution in [0.1, 0.15) is 29.3 Å². The third-order valence-electron chi connectivity index (χ3n) is 5.64. The molecule has 1 heterocycles. The number of hydrogen-bond acceptors (Lipinski definition) is 5. The van der Waals surface area contributed by atoms with Crippen molar-refractivity contribution in [2.45, 2.75) is 25.3 Å². The van der Waals surface area contributed by atoms with Crippen LogP contribution in [-0.4, -0.2) is 68.5 Å². The number of nitrogens with zero attached hydrogens (tertiary/aromatic N) is 2. The van der Waals surface area contributed by atoms with E-state index < -0.39 is 5.38 Å². The van der Waals surface area contributed by atoms with Gasteiger partial charge in [-0.05, 0) is 37.1 Å². The lowest BCUT2D eigenvalue weighted by Gasteiger charge is -2.37. The van der Waals surface area contributed by atoms with Crippen molar-refractivity contribution < 1.29 is 14.3 Å². The van der Waals surface area contributed by atoms with Gasteiger partial charge in [0.1, 0.15) is 5.38 Å². The molecule has 178 valence electrons. The van der Waals surface area contributed by atoms with Gasteiger partial charge in [-0.25, -0.2) is 0 Å². The average Bonchev–Trinajstić information content (AvgIpc) is 2.83. The summed E-state index contributed by atoms with van der Waals surface area (Å²) >= 11 is 5.89. The first kappa shape index (κ1) is 25.0. The van der Waals surface area contributed by atoms with Gasteiger partial charge in [0.05, 0.1) is 5.56 Å². The van der Waals surface area contributed by atoms with E-state index in [2.05, 4.69) is 44.7 Å². The zero-order chi connectivity index (χ0) is 23.6.